The SMILES string of the molecule is Cc1nnc(CNC(=NCc2ccccc2)NCC(C(C)C)N2CCCCCC2)n1C.I. The fraction of sp³-hybridized carbons (Fsp3) is 0.625. The molecule has 2 N–H and O–H groups in total. The van der Waals surface area contributed by atoms with Crippen LogP contribution in [0.4, 0.5) is 0 Å². The average Bonchev–Trinajstić information content (AvgIpc) is 2.96. The monoisotopic (exact) mass is 553 g/mol. The number of halogens is 1. The van der Waals surface area contributed by atoms with E-state index in [0.29, 0.717) is 25.0 Å². The van der Waals surface area contributed by atoms with E-state index in [-0.39, 0.29) is 24.0 Å². The Hall–Kier alpha value is -1.68. The van der Waals surface area contributed by atoms with Gasteiger partial charge in [-0.15, -0.1) is 34.2 Å². The highest BCUT2D eigenvalue weighted by Gasteiger charge is 2.23. The van der Waals surface area contributed by atoms with Crippen molar-refractivity contribution < 1.29 is 0 Å². The van der Waals surface area contributed by atoms with Crippen molar-refractivity contribution in [2.75, 3.05) is 19.6 Å². The van der Waals surface area contributed by atoms with Gasteiger partial charge in [0.05, 0.1) is 13.1 Å². The van der Waals surface area contributed by atoms with E-state index < -0.39 is 0 Å². The zero-order chi connectivity index (χ0) is 22.1. The van der Waals surface area contributed by atoms with Crippen molar-refractivity contribution in [3.8, 4) is 0 Å². The van der Waals surface area contributed by atoms with Gasteiger partial charge in [0, 0.05) is 19.6 Å². The first-order valence-electron chi connectivity index (χ1n) is 11.7. The molecule has 1 aromatic heterocycles. The van der Waals surface area contributed by atoms with Gasteiger partial charge in [0.15, 0.2) is 11.8 Å². The molecular weight excluding hydrogens is 513 g/mol. The number of nitrogens with zero attached hydrogens (tertiary/aromatic N) is 5. The Bertz CT molecular complexity index is 811. The molecule has 2 heterocycles. The molecule has 0 bridgehead atoms. The summed E-state index contributed by atoms with van der Waals surface area (Å²) in [6.45, 7) is 11.1. The molecule has 0 aliphatic carbocycles. The summed E-state index contributed by atoms with van der Waals surface area (Å²) in [6, 6.07) is 10.9. The van der Waals surface area contributed by atoms with Crippen LogP contribution in [0.15, 0.2) is 35.3 Å². The van der Waals surface area contributed by atoms with Gasteiger partial charge >= 0.3 is 0 Å². The smallest absolute Gasteiger partial charge is 0.192 e. The quantitative estimate of drug-likeness (QED) is 0.295. The molecule has 7 nitrogen and oxygen atoms in total. The second-order valence-electron chi connectivity index (χ2n) is 8.87. The first kappa shape index (κ1) is 26.6. The molecule has 3 rings (SSSR count). The minimum absolute atomic E-state index is 0. The van der Waals surface area contributed by atoms with E-state index in [0.717, 1.165) is 24.2 Å². The number of aromatic nitrogens is 3. The maximum atomic E-state index is 4.86. The molecule has 8 heteroatoms. The zero-order valence-electron chi connectivity index (χ0n) is 20.0. The van der Waals surface area contributed by atoms with Crippen LogP contribution in [0.1, 0.15) is 56.7 Å². The van der Waals surface area contributed by atoms with Crippen molar-refractivity contribution in [1.29, 1.82) is 0 Å². The van der Waals surface area contributed by atoms with Crippen molar-refractivity contribution in [2.45, 2.75) is 65.6 Å². The Labute approximate surface area is 210 Å². The standard InChI is InChI=1S/C24H39N7.HI/c1-19(2)22(31-14-10-5-6-11-15-31)17-26-24(25-16-21-12-8-7-9-13-21)27-18-23-29-28-20(3)30(23)4;/h7-9,12-13,19,22H,5-6,10-11,14-18H2,1-4H3,(H2,25,26,27);1H. The summed E-state index contributed by atoms with van der Waals surface area (Å²) in [5.74, 6) is 3.22. The van der Waals surface area contributed by atoms with E-state index >= 15 is 0 Å². The largest absolute Gasteiger partial charge is 0.355 e. The fourth-order valence-corrected chi connectivity index (χ4v) is 4.11. The van der Waals surface area contributed by atoms with Crippen molar-refractivity contribution >= 4 is 29.9 Å². The number of hydrogen-bond acceptors (Lipinski definition) is 4. The van der Waals surface area contributed by atoms with Crippen molar-refractivity contribution in [3.63, 3.8) is 0 Å². The summed E-state index contributed by atoms with van der Waals surface area (Å²) in [6.07, 6.45) is 5.33. The fourth-order valence-electron chi connectivity index (χ4n) is 4.11. The molecule has 1 atom stereocenters. The minimum atomic E-state index is 0. The first-order valence-corrected chi connectivity index (χ1v) is 11.7. The summed E-state index contributed by atoms with van der Waals surface area (Å²) in [5.41, 5.74) is 1.20. The molecule has 1 unspecified atom stereocenters. The van der Waals surface area contributed by atoms with E-state index in [2.05, 4.69) is 63.8 Å². The third-order valence-electron chi connectivity index (χ3n) is 6.22. The van der Waals surface area contributed by atoms with Gasteiger partial charge in [-0.05, 0) is 44.3 Å². The highest BCUT2D eigenvalue weighted by molar-refractivity contribution is 14.0. The van der Waals surface area contributed by atoms with Gasteiger partial charge in [0.2, 0.25) is 0 Å². The normalized spacial score (nSPS) is 16.3. The van der Waals surface area contributed by atoms with E-state index in [1.54, 1.807) is 0 Å². The second kappa shape index (κ2) is 13.8. The van der Waals surface area contributed by atoms with Crippen LogP contribution in [0.25, 0.3) is 0 Å². The number of nitrogens with one attached hydrogen (secondary N) is 2. The lowest BCUT2D eigenvalue weighted by atomic mass is 10.0. The molecule has 32 heavy (non-hydrogen) atoms. The van der Waals surface area contributed by atoms with Crippen LogP contribution < -0.4 is 10.6 Å². The Morgan fingerprint density at radius 2 is 1.72 bits per heavy atom. The van der Waals surface area contributed by atoms with Crippen molar-refractivity contribution in [2.24, 2.45) is 18.0 Å². The molecule has 1 aromatic carbocycles. The zero-order valence-corrected chi connectivity index (χ0v) is 22.4. The number of likely N-dealkylation sites (tertiary alicyclic amines) is 1. The van der Waals surface area contributed by atoms with Crippen LogP contribution in [0.3, 0.4) is 0 Å². The van der Waals surface area contributed by atoms with Crippen molar-refractivity contribution in [1.82, 2.24) is 30.3 Å². The molecule has 0 amide bonds. The van der Waals surface area contributed by atoms with Crippen molar-refractivity contribution in [3.05, 3.63) is 47.5 Å². The number of rotatable bonds is 8. The summed E-state index contributed by atoms with van der Waals surface area (Å²) in [4.78, 5) is 7.53. The number of benzene rings is 1. The molecule has 0 spiro atoms. The van der Waals surface area contributed by atoms with Crippen LogP contribution in [-0.4, -0.2) is 51.3 Å². The third kappa shape index (κ3) is 8.03. The molecular formula is C24H40IN7. The lowest BCUT2D eigenvalue weighted by molar-refractivity contribution is 0.161. The Kier molecular flexibility index (Phi) is 11.4. The number of guanidine groups is 1. The summed E-state index contributed by atoms with van der Waals surface area (Å²) in [7, 11) is 1.99. The van der Waals surface area contributed by atoms with Crippen LogP contribution in [0.2, 0.25) is 0 Å². The average molecular weight is 554 g/mol. The van der Waals surface area contributed by atoms with E-state index in [1.807, 2.05) is 24.6 Å². The predicted octanol–water partition coefficient (Wildman–Crippen LogP) is 3.88. The van der Waals surface area contributed by atoms with Gasteiger partial charge in [0.25, 0.3) is 0 Å². The summed E-state index contributed by atoms with van der Waals surface area (Å²) in [5, 5.41) is 15.5. The maximum Gasteiger partial charge on any atom is 0.192 e. The minimum Gasteiger partial charge on any atom is -0.355 e. The third-order valence-corrected chi connectivity index (χ3v) is 6.22. The molecule has 1 aliphatic heterocycles. The number of aryl methyl sites for hydroxylation is 1. The molecule has 0 saturated carbocycles. The molecule has 2 aromatic rings. The predicted molar refractivity (Wildman–Crippen MR) is 142 cm³/mol. The lowest BCUT2D eigenvalue weighted by Crippen LogP contribution is -2.49. The van der Waals surface area contributed by atoms with E-state index in [1.165, 1.54) is 44.3 Å². The molecule has 1 saturated heterocycles. The Morgan fingerprint density at radius 3 is 2.31 bits per heavy atom. The summed E-state index contributed by atoms with van der Waals surface area (Å²) < 4.78 is 2.01. The van der Waals surface area contributed by atoms with Crippen LogP contribution in [-0.2, 0) is 20.1 Å². The van der Waals surface area contributed by atoms with Crippen LogP contribution in [0.5, 0.6) is 0 Å². The van der Waals surface area contributed by atoms with Crippen LogP contribution in [0, 0.1) is 12.8 Å². The summed E-state index contributed by atoms with van der Waals surface area (Å²) >= 11 is 0. The molecule has 1 aliphatic rings. The molecule has 1 fully saturated rings. The van der Waals surface area contributed by atoms with Crippen LogP contribution >= 0.6 is 24.0 Å². The highest BCUT2D eigenvalue weighted by atomic mass is 127. The van der Waals surface area contributed by atoms with E-state index in [9.17, 15) is 0 Å². The first-order chi connectivity index (χ1) is 15.0. The van der Waals surface area contributed by atoms with Gasteiger partial charge in [-0.2, -0.15) is 0 Å². The molecule has 0 radical (unpaired) electrons. The van der Waals surface area contributed by atoms with Gasteiger partial charge < -0.3 is 15.2 Å². The molecule has 178 valence electrons. The topological polar surface area (TPSA) is 70.4 Å². The number of hydrogen-bond donors (Lipinski definition) is 2. The van der Waals surface area contributed by atoms with E-state index in [4.69, 9.17) is 4.99 Å². The van der Waals surface area contributed by atoms with Gasteiger partial charge in [-0.25, -0.2) is 4.99 Å². The van der Waals surface area contributed by atoms with Gasteiger partial charge in [0.1, 0.15) is 5.82 Å². The van der Waals surface area contributed by atoms with Gasteiger partial charge in [-0.1, -0.05) is 57.0 Å². The van der Waals surface area contributed by atoms with Gasteiger partial charge in [-0.3, -0.25) is 4.90 Å². The Balaban J connectivity index is 0.00000363. The highest BCUT2D eigenvalue weighted by Crippen LogP contribution is 2.17. The Morgan fingerprint density at radius 1 is 1.03 bits per heavy atom. The second-order valence-corrected chi connectivity index (χ2v) is 8.87. The number of aliphatic imine (C=N–C) groups is 1. The lowest BCUT2D eigenvalue weighted by Gasteiger charge is -2.34. The maximum absolute atomic E-state index is 4.86.